The molecule has 0 aromatic carbocycles. The largest absolute Gasteiger partial charge is 0.390 e. The maximum absolute atomic E-state index is 9.87. The highest BCUT2D eigenvalue weighted by Crippen LogP contribution is 2.24. The fourth-order valence-corrected chi connectivity index (χ4v) is 1.64. The predicted octanol–water partition coefficient (Wildman–Crippen LogP) is 1.24. The fourth-order valence-electron chi connectivity index (χ4n) is 1.64. The first-order chi connectivity index (χ1) is 5.20. The second kappa shape index (κ2) is 3.55. The van der Waals surface area contributed by atoms with Crippen LogP contribution in [0.4, 0.5) is 0 Å². The van der Waals surface area contributed by atoms with Gasteiger partial charge in [-0.05, 0) is 25.8 Å². The fraction of sp³-hybridized carbons (Fsp3) is 1.00. The maximum Gasteiger partial charge on any atom is 0.0669 e. The zero-order valence-electron chi connectivity index (χ0n) is 7.64. The van der Waals surface area contributed by atoms with Gasteiger partial charge in [0.25, 0.3) is 0 Å². The molecule has 0 spiro atoms. The Balaban J connectivity index is 2.35. The van der Waals surface area contributed by atoms with Gasteiger partial charge in [-0.1, -0.05) is 13.8 Å². The maximum atomic E-state index is 9.87. The summed E-state index contributed by atoms with van der Waals surface area (Å²) in [6.07, 6.45) is 2.82. The van der Waals surface area contributed by atoms with E-state index in [9.17, 15) is 5.11 Å². The van der Waals surface area contributed by atoms with Crippen LogP contribution < -0.4 is 0 Å². The van der Waals surface area contributed by atoms with Crippen molar-refractivity contribution in [1.82, 2.24) is 4.90 Å². The molecule has 0 aromatic rings. The summed E-state index contributed by atoms with van der Waals surface area (Å²) < 4.78 is 0. The van der Waals surface area contributed by atoms with Crippen molar-refractivity contribution in [1.29, 1.82) is 0 Å². The summed E-state index contributed by atoms with van der Waals surface area (Å²) in [7, 11) is 0. The van der Waals surface area contributed by atoms with E-state index in [2.05, 4.69) is 18.7 Å². The third-order valence-corrected chi connectivity index (χ3v) is 2.89. The summed E-state index contributed by atoms with van der Waals surface area (Å²) in [5.74, 6) is 0. The third-order valence-electron chi connectivity index (χ3n) is 2.89. The summed E-state index contributed by atoms with van der Waals surface area (Å²) in [6, 6.07) is 0. The molecule has 0 bridgehead atoms. The van der Waals surface area contributed by atoms with Gasteiger partial charge in [-0.3, -0.25) is 0 Å². The van der Waals surface area contributed by atoms with E-state index in [0.29, 0.717) is 0 Å². The Hall–Kier alpha value is -0.0800. The van der Waals surface area contributed by atoms with Gasteiger partial charge >= 0.3 is 0 Å². The molecule has 1 rings (SSSR count). The Morgan fingerprint density at radius 1 is 1.27 bits per heavy atom. The van der Waals surface area contributed by atoms with Crippen LogP contribution in [0.25, 0.3) is 0 Å². The number of nitrogens with zero attached hydrogens (tertiary/aromatic N) is 1. The lowest BCUT2D eigenvalue weighted by Crippen LogP contribution is -2.43. The summed E-state index contributed by atoms with van der Waals surface area (Å²) in [5.41, 5.74) is -0.342. The number of likely N-dealkylation sites (tertiary alicyclic amines) is 1. The molecule has 1 N–H and O–H groups in total. The van der Waals surface area contributed by atoms with E-state index in [1.165, 1.54) is 0 Å². The highest BCUT2D eigenvalue weighted by atomic mass is 16.3. The van der Waals surface area contributed by atoms with Crippen LogP contribution in [0.3, 0.4) is 0 Å². The van der Waals surface area contributed by atoms with Gasteiger partial charge < -0.3 is 10.0 Å². The van der Waals surface area contributed by atoms with Gasteiger partial charge in [0.15, 0.2) is 0 Å². The molecule has 0 unspecified atom stereocenters. The molecule has 11 heavy (non-hydrogen) atoms. The van der Waals surface area contributed by atoms with Crippen LogP contribution in [0.5, 0.6) is 0 Å². The lowest BCUT2D eigenvalue weighted by Gasteiger charge is -2.37. The molecule has 66 valence electrons. The van der Waals surface area contributed by atoms with Crippen LogP contribution in [0.2, 0.25) is 0 Å². The number of piperidine rings is 1. The van der Waals surface area contributed by atoms with Crippen molar-refractivity contribution in [2.24, 2.45) is 0 Å². The highest BCUT2D eigenvalue weighted by Gasteiger charge is 2.29. The van der Waals surface area contributed by atoms with Crippen molar-refractivity contribution in [2.75, 3.05) is 19.6 Å². The molecule has 0 amide bonds. The molecule has 1 heterocycles. The van der Waals surface area contributed by atoms with Crippen LogP contribution in [0.1, 0.15) is 33.1 Å². The molecule has 0 atom stereocenters. The predicted molar refractivity (Wildman–Crippen MR) is 46.6 cm³/mol. The quantitative estimate of drug-likeness (QED) is 0.652. The van der Waals surface area contributed by atoms with Gasteiger partial charge in [-0.2, -0.15) is 0 Å². The molecule has 1 fully saturated rings. The Labute approximate surface area is 69.2 Å². The first-order valence-electron chi connectivity index (χ1n) is 4.65. The number of aliphatic hydroxyl groups is 1. The Morgan fingerprint density at radius 2 is 1.82 bits per heavy atom. The molecule has 1 aliphatic heterocycles. The van der Waals surface area contributed by atoms with E-state index < -0.39 is 0 Å². The third kappa shape index (κ3) is 2.17. The van der Waals surface area contributed by atoms with Crippen molar-refractivity contribution in [3.63, 3.8) is 0 Å². The second-order valence-electron chi connectivity index (χ2n) is 3.51. The van der Waals surface area contributed by atoms with Crippen molar-refractivity contribution in [3.8, 4) is 0 Å². The van der Waals surface area contributed by atoms with Crippen LogP contribution in [-0.4, -0.2) is 35.2 Å². The molecular formula is C9H19NO. The zero-order valence-corrected chi connectivity index (χ0v) is 7.64. The van der Waals surface area contributed by atoms with Crippen molar-refractivity contribution >= 4 is 0 Å². The van der Waals surface area contributed by atoms with E-state index in [1.807, 2.05) is 0 Å². The van der Waals surface area contributed by atoms with Crippen LogP contribution in [0, 0.1) is 0 Å². The summed E-state index contributed by atoms with van der Waals surface area (Å²) in [6.45, 7) is 7.51. The van der Waals surface area contributed by atoms with Crippen molar-refractivity contribution in [3.05, 3.63) is 0 Å². The average Bonchev–Trinajstić information content (AvgIpc) is 2.06. The van der Waals surface area contributed by atoms with E-state index >= 15 is 0 Å². The standard InChI is InChI=1S/C9H19NO/c1-3-9(11)5-7-10(4-2)8-6-9/h11H,3-8H2,1-2H3. The smallest absolute Gasteiger partial charge is 0.0669 e. The van der Waals surface area contributed by atoms with Crippen LogP contribution in [0.15, 0.2) is 0 Å². The minimum Gasteiger partial charge on any atom is -0.390 e. The Bertz CT molecular complexity index is 117. The molecule has 0 aliphatic carbocycles. The van der Waals surface area contributed by atoms with Crippen molar-refractivity contribution < 1.29 is 5.11 Å². The average molecular weight is 157 g/mol. The number of hydrogen-bond acceptors (Lipinski definition) is 2. The van der Waals surface area contributed by atoms with Gasteiger partial charge in [0.1, 0.15) is 0 Å². The first-order valence-corrected chi connectivity index (χ1v) is 4.65. The molecule has 2 nitrogen and oxygen atoms in total. The highest BCUT2D eigenvalue weighted by molar-refractivity contribution is 4.83. The van der Waals surface area contributed by atoms with E-state index in [-0.39, 0.29) is 5.60 Å². The summed E-state index contributed by atoms with van der Waals surface area (Å²) in [5, 5.41) is 9.87. The molecule has 0 aromatic heterocycles. The number of hydrogen-bond donors (Lipinski definition) is 1. The van der Waals surface area contributed by atoms with Gasteiger partial charge in [0.05, 0.1) is 5.60 Å². The first kappa shape index (κ1) is 9.01. The lowest BCUT2D eigenvalue weighted by molar-refractivity contribution is -0.0226. The van der Waals surface area contributed by atoms with Crippen LogP contribution in [-0.2, 0) is 0 Å². The van der Waals surface area contributed by atoms with E-state index in [4.69, 9.17) is 0 Å². The second-order valence-corrected chi connectivity index (χ2v) is 3.51. The summed E-state index contributed by atoms with van der Waals surface area (Å²) in [4.78, 5) is 2.39. The number of rotatable bonds is 2. The minimum atomic E-state index is -0.342. The lowest BCUT2D eigenvalue weighted by atomic mass is 9.89. The minimum absolute atomic E-state index is 0.342. The van der Waals surface area contributed by atoms with Gasteiger partial charge in [-0.25, -0.2) is 0 Å². The van der Waals surface area contributed by atoms with E-state index in [1.54, 1.807) is 0 Å². The molecule has 1 saturated heterocycles. The SMILES string of the molecule is CCN1CCC(O)(CC)CC1. The monoisotopic (exact) mass is 157 g/mol. The normalized spacial score (nSPS) is 25.4. The van der Waals surface area contributed by atoms with E-state index in [0.717, 1.165) is 38.9 Å². The van der Waals surface area contributed by atoms with Gasteiger partial charge in [0.2, 0.25) is 0 Å². The molecule has 0 radical (unpaired) electrons. The van der Waals surface area contributed by atoms with Gasteiger partial charge in [0, 0.05) is 13.1 Å². The molecule has 2 heteroatoms. The van der Waals surface area contributed by atoms with Crippen molar-refractivity contribution in [2.45, 2.75) is 38.7 Å². The molecule has 0 saturated carbocycles. The molecule has 1 aliphatic rings. The molecular weight excluding hydrogens is 138 g/mol. The summed E-state index contributed by atoms with van der Waals surface area (Å²) >= 11 is 0. The Morgan fingerprint density at radius 3 is 2.18 bits per heavy atom. The van der Waals surface area contributed by atoms with Gasteiger partial charge in [-0.15, -0.1) is 0 Å². The Kier molecular flexibility index (Phi) is 2.90. The van der Waals surface area contributed by atoms with Crippen LogP contribution >= 0.6 is 0 Å². The topological polar surface area (TPSA) is 23.5 Å². The zero-order chi connectivity index (χ0) is 8.32.